The van der Waals surface area contributed by atoms with E-state index in [1.165, 1.54) is 5.56 Å². The lowest BCUT2D eigenvalue weighted by atomic mass is 9.93. The van der Waals surface area contributed by atoms with Crippen molar-refractivity contribution in [3.05, 3.63) is 45.9 Å². The van der Waals surface area contributed by atoms with Gasteiger partial charge in [0.15, 0.2) is 5.96 Å². The van der Waals surface area contributed by atoms with Gasteiger partial charge in [0, 0.05) is 29.4 Å². The van der Waals surface area contributed by atoms with Gasteiger partial charge in [-0.1, -0.05) is 32.9 Å². The summed E-state index contributed by atoms with van der Waals surface area (Å²) >= 11 is 1.69. The van der Waals surface area contributed by atoms with Crippen LogP contribution in [0.15, 0.2) is 34.6 Å². The quantitative estimate of drug-likeness (QED) is 0.419. The van der Waals surface area contributed by atoms with Gasteiger partial charge in [0.05, 0.1) is 10.7 Å². The molecule has 0 radical (unpaired) electrons. The average Bonchev–Trinajstić information content (AvgIpc) is 2.87. The Morgan fingerprint density at radius 3 is 2.70 bits per heavy atom. The first-order valence-electron chi connectivity index (χ1n) is 7.43. The zero-order valence-corrected chi connectivity index (χ0v) is 17.2. The summed E-state index contributed by atoms with van der Waals surface area (Å²) in [5, 5.41) is 6.35. The first-order valence-corrected chi connectivity index (χ1v) is 8.31. The topological polar surface area (TPSA) is 63.3 Å². The van der Waals surface area contributed by atoms with Gasteiger partial charge >= 0.3 is 0 Å². The number of nitrogens with two attached hydrogens (primary N) is 1. The smallest absolute Gasteiger partial charge is 0.193 e. The normalized spacial score (nSPS) is 11.9. The van der Waals surface area contributed by atoms with Crippen LogP contribution in [0.4, 0.5) is 5.69 Å². The Bertz CT molecular complexity index is 659. The fraction of sp³-hybridized carbons (Fsp3) is 0.412. The molecule has 0 spiro atoms. The second kappa shape index (κ2) is 8.63. The van der Waals surface area contributed by atoms with Crippen molar-refractivity contribution in [2.45, 2.75) is 39.5 Å². The van der Waals surface area contributed by atoms with E-state index in [1.54, 1.807) is 11.3 Å². The molecule has 126 valence electrons. The van der Waals surface area contributed by atoms with Gasteiger partial charge in [-0.2, -0.15) is 0 Å². The highest BCUT2D eigenvalue weighted by atomic mass is 127. The Morgan fingerprint density at radius 2 is 2.09 bits per heavy atom. The molecule has 0 aliphatic carbocycles. The second-order valence-electron chi connectivity index (χ2n) is 6.39. The molecule has 0 amide bonds. The molecular formula is C17H25IN4S. The molecule has 2 rings (SSSR count). The summed E-state index contributed by atoms with van der Waals surface area (Å²) < 4.78 is 0. The predicted molar refractivity (Wildman–Crippen MR) is 111 cm³/mol. The Labute approximate surface area is 159 Å². The standard InChI is InChI=1S/C17H24N4S.HI/c1-12-6-5-7-13(10-12)20-16(18)19-9-8-15-21-14(11-22-15)17(2,3)4;/h5-7,10-11H,8-9H2,1-4H3,(H3,18,19,20);1H. The first kappa shape index (κ1) is 19.9. The number of anilines is 1. The van der Waals surface area contributed by atoms with E-state index in [9.17, 15) is 0 Å². The largest absolute Gasteiger partial charge is 0.370 e. The summed E-state index contributed by atoms with van der Waals surface area (Å²) in [6, 6.07) is 8.06. The molecule has 1 aromatic heterocycles. The van der Waals surface area contributed by atoms with Crippen LogP contribution >= 0.6 is 35.3 Å². The van der Waals surface area contributed by atoms with Crippen LogP contribution in [-0.4, -0.2) is 17.5 Å². The molecular weight excluding hydrogens is 419 g/mol. The zero-order valence-electron chi connectivity index (χ0n) is 14.1. The third kappa shape index (κ3) is 6.47. The Hall–Kier alpha value is -1.15. The molecule has 0 aliphatic rings. The van der Waals surface area contributed by atoms with Crippen LogP contribution in [0.5, 0.6) is 0 Å². The van der Waals surface area contributed by atoms with Gasteiger partial charge < -0.3 is 11.1 Å². The van der Waals surface area contributed by atoms with E-state index in [0.29, 0.717) is 12.5 Å². The number of aliphatic imine (C=N–C) groups is 1. The number of aryl methyl sites for hydroxylation is 1. The molecule has 0 fully saturated rings. The average molecular weight is 444 g/mol. The van der Waals surface area contributed by atoms with Gasteiger partial charge in [-0.25, -0.2) is 4.98 Å². The molecule has 0 saturated carbocycles. The van der Waals surface area contributed by atoms with Gasteiger partial charge in [0.25, 0.3) is 0 Å². The van der Waals surface area contributed by atoms with Crippen LogP contribution in [0.3, 0.4) is 0 Å². The number of aromatic nitrogens is 1. The van der Waals surface area contributed by atoms with Crippen LogP contribution in [0.25, 0.3) is 0 Å². The van der Waals surface area contributed by atoms with Crippen molar-refractivity contribution in [1.29, 1.82) is 0 Å². The number of nitrogens with one attached hydrogen (secondary N) is 1. The van der Waals surface area contributed by atoms with Crippen molar-refractivity contribution >= 4 is 47.0 Å². The summed E-state index contributed by atoms with van der Waals surface area (Å²) in [5.74, 6) is 0.443. The lowest BCUT2D eigenvalue weighted by Crippen LogP contribution is -2.23. The van der Waals surface area contributed by atoms with E-state index in [-0.39, 0.29) is 29.4 Å². The van der Waals surface area contributed by atoms with Crippen LogP contribution in [0, 0.1) is 6.92 Å². The number of rotatable bonds is 4. The molecule has 0 atom stereocenters. The number of hydrogen-bond acceptors (Lipinski definition) is 3. The lowest BCUT2D eigenvalue weighted by molar-refractivity contribution is 0.571. The highest BCUT2D eigenvalue weighted by molar-refractivity contribution is 14.0. The molecule has 3 N–H and O–H groups in total. The second-order valence-corrected chi connectivity index (χ2v) is 7.33. The zero-order chi connectivity index (χ0) is 16.2. The monoisotopic (exact) mass is 444 g/mol. The number of thiazole rings is 1. The number of hydrogen-bond donors (Lipinski definition) is 2. The predicted octanol–water partition coefficient (Wildman–Crippen LogP) is 4.34. The van der Waals surface area contributed by atoms with Crippen molar-refractivity contribution in [1.82, 2.24) is 4.98 Å². The molecule has 0 unspecified atom stereocenters. The van der Waals surface area contributed by atoms with E-state index in [1.807, 2.05) is 31.2 Å². The number of benzene rings is 1. The molecule has 1 heterocycles. The molecule has 2 aromatic rings. The maximum Gasteiger partial charge on any atom is 0.193 e. The van der Waals surface area contributed by atoms with Crippen molar-refractivity contribution in [3.63, 3.8) is 0 Å². The fourth-order valence-electron chi connectivity index (χ4n) is 1.95. The Morgan fingerprint density at radius 1 is 1.35 bits per heavy atom. The van der Waals surface area contributed by atoms with Crippen LogP contribution in [-0.2, 0) is 11.8 Å². The summed E-state index contributed by atoms with van der Waals surface area (Å²) in [4.78, 5) is 9.03. The lowest BCUT2D eigenvalue weighted by Gasteiger charge is -2.14. The maximum atomic E-state index is 5.92. The fourth-order valence-corrected chi connectivity index (χ4v) is 2.97. The number of nitrogens with zero attached hydrogens (tertiary/aromatic N) is 2. The molecule has 6 heteroatoms. The van der Waals surface area contributed by atoms with Gasteiger partial charge in [-0.05, 0) is 24.6 Å². The number of guanidine groups is 1. The van der Waals surface area contributed by atoms with E-state index in [2.05, 4.69) is 41.4 Å². The van der Waals surface area contributed by atoms with Crippen molar-refractivity contribution < 1.29 is 0 Å². The minimum absolute atomic E-state index is 0. The van der Waals surface area contributed by atoms with Crippen molar-refractivity contribution in [2.75, 3.05) is 11.9 Å². The van der Waals surface area contributed by atoms with Gasteiger partial charge in [0.2, 0.25) is 0 Å². The molecule has 0 saturated heterocycles. The third-order valence-corrected chi connectivity index (χ3v) is 4.13. The number of halogens is 1. The maximum absolute atomic E-state index is 5.92. The Kier molecular flexibility index (Phi) is 7.47. The van der Waals surface area contributed by atoms with E-state index < -0.39 is 0 Å². The van der Waals surface area contributed by atoms with Crippen molar-refractivity contribution in [2.24, 2.45) is 10.7 Å². The van der Waals surface area contributed by atoms with Crippen LogP contribution < -0.4 is 11.1 Å². The van der Waals surface area contributed by atoms with Crippen LogP contribution in [0.1, 0.15) is 37.0 Å². The summed E-state index contributed by atoms with van der Waals surface area (Å²) in [6.45, 7) is 9.21. The summed E-state index contributed by atoms with van der Waals surface area (Å²) in [7, 11) is 0. The highest BCUT2D eigenvalue weighted by Crippen LogP contribution is 2.24. The minimum Gasteiger partial charge on any atom is -0.370 e. The molecule has 23 heavy (non-hydrogen) atoms. The van der Waals surface area contributed by atoms with E-state index in [0.717, 1.165) is 22.8 Å². The van der Waals surface area contributed by atoms with Crippen molar-refractivity contribution in [3.8, 4) is 0 Å². The van der Waals surface area contributed by atoms with Gasteiger partial charge in [0.1, 0.15) is 0 Å². The SMILES string of the molecule is Cc1cccc(NC(N)=NCCc2nc(C(C)(C)C)cs2)c1.I. The molecule has 1 aromatic carbocycles. The van der Waals surface area contributed by atoms with Gasteiger partial charge in [-0.15, -0.1) is 35.3 Å². The Balaban J connectivity index is 0.00000264. The molecule has 4 nitrogen and oxygen atoms in total. The summed E-state index contributed by atoms with van der Waals surface area (Å²) in [5.41, 5.74) is 9.31. The minimum atomic E-state index is 0. The third-order valence-electron chi connectivity index (χ3n) is 3.22. The van der Waals surface area contributed by atoms with E-state index in [4.69, 9.17) is 5.73 Å². The molecule has 0 bridgehead atoms. The molecule has 0 aliphatic heterocycles. The highest BCUT2D eigenvalue weighted by Gasteiger charge is 2.17. The summed E-state index contributed by atoms with van der Waals surface area (Å²) in [6.07, 6.45) is 0.816. The van der Waals surface area contributed by atoms with E-state index >= 15 is 0 Å². The van der Waals surface area contributed by atoms with Gasteiger partial charge in [-0.3, -0.25) is 4.99 Å². The van der Waals surface area contributed by atoms with Crippen LogP contribution in [0.2, 0.25) is 0 Å². The first-order chi connectivity index (χ1) is 10.3.